The Kier molecular flexibility index (Phi) is 4.11. The zero-order valence-electron chi connectivity index (χ0n) is 6.75. The summed E-state index contributed by atoms with van der Waals surface area (Å²) in [7, 11) is 0. The summed E-state index contributed by atoms with van der Waals surface area (Å²) >= 11 is 4.96. The van der Waals surface area contributed by atoms with Crippen LogP contribution in [0.2, 0.25) is 0 Å². The molecule has 0 saturated carbocycles. The molecule has 0 fully saturated rings. The molecule has 0 unspecified atom stereocenters. The molecular formula is C8H8BrNO2S. The van der Waals surface area contributed by atoms with Gasteiger partial charge in [-0.15, -0.1) is 11.3 Å². The van der Waals surface area contributed by atoms with E-state index in [1.54, 1.807) is 11.3 Å². The second kappa shape index (κ2) is 5.14. The largest absolute Gasteiger partial charge is 0.349 e. The molecule has 3 nitrogen and oxygen atoms in total. The summed E-state index contributed by atoms with van der Waals surface area (Å²) in [6.07, 6.45) is 1.04. The Morgan fingerprint density at radius 3 is 3.00 bits per heavy atom. The van der Waals surface area contributed by atoms with Crippen LogP contribution in [-0.2, 0) is 16.0 Å². The molecule has 70 valence electrons. The molecule has 0 radical (unpaired) electrons. The van der Waals surface area contributed by atoms with Gasteiger partial charge < -0.3 is 5.32 Å². The van der Waals surface area contributed by atoms with E-state index in [1.165, 1.54) is 4.88 Å². The molecule has 0 aliphatic heterocycles. The number of hydrogen-bond acceptors (Lipinski definition) is 3. The maximum atomic E-state index is 10.5. The first-order valence-corrected chi connectivity index (χ1v) is 5.35. The van der Waals surface area contributed by atoms with Gasteiger partial charge in [0.2, 0.25) is 6.29 Å². The van der Waals surface area contributed by atoms with Crippen LogP contribution in [0, 0.1) is 0 Å². The van der Waals surface area contributed by atoms with Crippen molar-refractivity contribution in [2.45, 2.75) is 6.42 Å². The van der Waals surface area contributed by atoms with E-state index >= 15 is 0 Å². The quantitative estimate of drug-likeness (QED) is 0.658. The minimum atomic E-state index is -0.560. The molecule has 1 aromatic rings. The Balaban J connectivity index is 2.27. The van der Waals surface area contributed by atoms with Gasteiger partial charge in [0, 0.05) is 21.3 Å². The lowest BCUT2D eigenvalue weighted by Crippen LogP contribution is -2.26. The molecule has 0 aromatic carbocycles. The Morgan fingerprint density at radius 2 is 2.46 bits per heavy atom. The number of thiophene rings is 1. The average Bonchev–Trinajstić information content (AvgIpc) is 2.51. The molecule has 1 heterocycles. The zero-order chi connectivity index (χ0) is 9.68. The van der Waals surface area contributed by atoms with Gasteiger partial charge in [-0.05, 0) is 28.4 Å². The second-order valence-electron chi connectivity index (χ2n) is 2.39. The first-order chi connectivity index (χ1) is 6.22. The summed E-state index contributed by atoms with van der Waals surface area (Å²) in [5.41, 5.74) is 0. The van der Waals surface area contributed by atoms with Crippen molar-refractivity contribution in [1.82, 2.24) is 5.32 Å². The highest BCUT2D eigenvalue weighted by molar-refractivity contribution is 9.10. The molecule has 13 heavy (non-hydrogen) atoms. The van der Waals surface area contributed by atoms with Gasteiger partial charge in [0.15, 0.2) is 0 Å². The van der Waals surface area contributed by atoms with Gasteiger partial charge in [0.25, 0.3) is 5.91 Å². The van der Waals surface area contributed by atoms with Gasteiger partial charge >= 0.3 is 0 Å². The van der Waals surface area contributed by atoms with Crippen LogP contribution in [-0.4, -0.2) is 18.7 Å². The minimum Gasteiger partial charge on any atom is -0.349 e. The Hall–Kier alpha value is -0.680. The molecule has 1 N–H and O–H groups in total. The fourth-order valence-electron chi connectivity index (χ4n) is 0.835. The van der Waals surface area contributed by atoms with Crippen LogP contribution in [0.5, 0.6) is 0 Å². The molecule has 5 heteroatoms. The predicted molar refractivity (Wildman–Crippen MR) is 54.8 cm³/mol. The molecule has 0 aliphatic rings. The molecule has 1 aromatic heterocycles. The maximum absolute atomic E-state index is 10.5. The molecule has 1 rings (SSSR count). The predicted octanol–water partition coefficient (Wildman–Crippen LogP) is 1.37. The maximum Gasteiger partial charge on any atom is 0.284 e. The molecule has 0 spiro atoms. The van der Waals surface area contributed by atoms with Crippen LogP contribution in [0.15, 0.2) is 15.9 Å². The number of rotatable bonds is 4. The first-order valence-electron chi connectivity index (χ1n) is 3.68. The number of carbonyl (C=O) groups is 2. The second-order valence-corrected chi connectivity index (χ2v) is 4.30. The average molecular weight is 262 g/mol. The fourth-order valence-corrected chi connectivity index (χ4v) is 2.29. The molecule has 0 bridgehead atoms. The molecule has 0 atom stereocenters. The van der Waals surface area contributed by atoms with Crippen molar-refractivity contribution in [3.63, 3.8) is 0 Å². The van der Waals surface area contributed by atoms with Crippen molar-refractivity contribution >= 4 is 39.5 Å². The topological polar surface area (TPSA) is 46.2 Å². The number of amides is 1. The van der Waals surface area contributed by atoms with Crippen molar-refractivity contribution in [2.24, 2.45) is 0 Å². The van der Waals surface area contributed by atoms with E-state index < -0.39 is 5.91 Å². The SMILES string of the molecule is O=CC(=O)NCCc1cc(Br)cs1. The van der Waals surface area contributed by atoms with Crippen LogP contribution < -0.4 is 5.32 Å². The third-order valence-corrected chi connectivity index (χ3v) is 3.16. The monoisotopic (exact) mass is 261 g/mol. The Labute approximate surface area is 88.3 Å². The van der Waals surface area contributed by atoms with Crippen LogP contribution in [0.25, 0.3) is 0 Å². The van der Waals surface area contributed by atoms with Gasteiger partial charge in [-0.25, -0.2) is 0 Å². The summed E-state index contributed by atoms with van der Waals surface area (Å²) in [5.74, 6) is -0.560. The number of halogens is 1. The van der Waals surface area contributed by atoms with E-state index in [9.17, 15) is 9.59 Å². The van der Waals surface area contributed by atoms with Gasteiger partial charge in [0.1, 0.15) is 0 Å². The normalized spacial score (nSPS) is 9.62. The van der Waals surface area contributed by atoms with Crippen molar-refractivity contribution in [2.75, 3.05) is 6.54 Å². The van der Waals surface area contributed by atoms with Crippen LogP contribution in [0.4, 0.5) is 0 Å². The number of aldehydes is 1. The van der Waals surface area contributed by atoms with Crippen molar-refractivity contribution in [3.8, 4) is 0 Å². The lowest BCUT2D eigenvalue weighted by Gasteiger charge is -1.97. The smallest absolute Gasteiger partial charge is 0.284 e. The first kappa shape index (κ1) is 10.4. The summed E-state index contributed by atoms with van der Waals surface area (Å²) in [6, 6.07) is 2.00. The zero-order valence-corrected chi connectivity index (χ0v) is 9.15. The minimum absolute atomic E-state index is 0.282. The van der Waals surface area contributed by atoms with E-state index in [0.717, 1.165) is 10.9 Å². The number of carbonyl (C=O) groups excluding carboxylic acids is 2. The highest BCUT2D eigenvalue weighted by Gasteiger charge is 1.99. The summed E-state index contributed by atoms with van der Waals surface area (Å²) in [4.78, 5) is 21.6. The van der Waals surface area contributed by atoms with Crippen molar-refractivity contribution < 1.29 is 9.59 Å². The van der Waals surface area contributed by atoms with E-state index in [1.807, 2.05) is 11.4 Å². The number of hydrogen-bond donors (Lipinski definition) is 1. The summed E-state index contributed by atoms with van der Waals surface area (Å²) in [6.45, 7) is 0.504. The highest BCUT2D eigenvalue weighted by atomic mass is 79.9. The van der Waals surface area contributed by atoms with Gasteiger partial charge in [-0.1, -0.05) is 0 Å². The standard InChI is InChI=1S/C8H8BrNO2S/c9-6-3-7(13-5-6)1-2-10-8(12)4-11/h3-5H,1-2H2,(H,10,12). The lowest BCUT2D eigenvalue weighted by molar-refractivity contribution is -0.131. The van der Waals surface area contributed by atoms with Gasteiger partial charge in [-0.3, -0.25) is 9.59 Å². The number of nitrogens with one attached hydrogen (secondary N) is 1. The molecule has 1 amide bonds. The molecular weight excluding hydrogens is 254 g/mol. The molecule has 0 aliphatic carbocycles. The van der Waals surface area contributed by atoms with Crippen LogP contribution in [0.3, 0.4) is 0 Å². The fraction of sp³-hybridized carbons (Fsp3) is 0.250. The van der Waals surface area contributed by atoms with Crippen molar-refractivity contribution in [3.05, 3.63) is 20.8 Å². The summed E-state index contributed by atoms with van der Waals surface area (Å²) in [5, 5.41) is 4.46. The Morgan fingerprint density at radius 1 is 1.69 bits per heavy atom. The van der Waals surface area contributed by atoms with Gasteiger partial charge in [-0.2, -0.15) is 0 Å². The molecule has 0 saturated heterocycles. The summed E-state index contributed by atoms with van der Waals surface area (Å²) < 4.78 is 1.05. The third kappa shape index (κ3) is 3.69. The van der Waals surface area contributed by atoms with E-state index in [-0.39, 0.29) is 6.29 Å². The van der Waals surface area contributed by atoms with E-state index in [4.69, 9.17) is 0 Å². The van der Waals surface area contributed by atoms with Gasteiger partial charge in [0.05, 0.1) is 0 Å². The Bertz CT molecular complexity index is 311. The van der Waals surface area contributed by atoms with E-state index in [2.05, 4.69) is 21.2 Å². The van der Waals surface area contributed by atoms with Crippen LogP contribution in [0.1, 0.15) is 4.88 Å². The third-order valence-electron chi connectivity index (χ3n) is 1.40. The highest BCUT2D eigenvalue weighted by Crippen LogP contribution is 2.19. The lowest BCUT2D eigenvalue weighted by atomic mass is 10.3. The van der Waals surface area contributed by atoms with Crippen LogP contribution >= 0.6 is 27.3 Å². The van der Waals surface area contributed by atoms with Crippen molar-refractivity contribution in [1.29, 1.82) is 0 Å². The van der Waals surface area contributed by atoms with E-state index in [0.29, 0.717) is 6.54 Å².